The molecular formula is C8H10N2O4S. The van der Waals surface area contributed by atoms with Gasteiger partial charge in [0, 0.05) is 25.3 Å². The molecule has 0 aliphatic heterocycles. The topological polar surface area (TPSA) is 85.4 Å². The number of amides is 1. The number of hydrogen-bond donors (Lipinski definition) is 1. The van der Waals surface area contributed by atoms with Gasteiger partial charge in [0.1, 0.15) is 11.6 Å². The molecule has 1 heterocycles. The zero-order valence-corrected chi connectivity index (χ0v) is 9.04. The summed E-state index contributed by atoms with van der Waals surface area (Å²) in [7, 11) is -3.56. The van der Waals surface area contributed by atoms with E-state index in [-0.39, 0.29) is 17.5 Å². The average Bonchev–Trinajstić information content (AvgIpc) is 1.99. The first-order chi connectivity index (χ1) is 6.87. The smallest absolute Gasteiger partial charge is 0.306 e. The fourth-order valence-electron chi connectivity index (χ4n) is 0.887. The quantitative estimate of drug-likeness (QED) is 0.758. The summed E-state index contributed by atoms with van der Waals surface area (Å²) in [5.41, 5.74) is 0. The minimum absolute atomic E-state index is 0.108. The third-order valence-corrected chi connectivity index (χ3v) is 1.78. The number of hydrogen-bond acceptors (Lipinski definition) is 5. The van der Waals surface area contributed by atoms with Crippen LogP contribution in [0.4, 0.5) is 5.82 Å². The van der Waals surface area contributed by atoms with Crippen LogP contribution in [0.2, 0.25) is 0 Å². The van der Waals surface area contributed by atoms with Crippen LogP contribution in [0.1, 0.15) is 6.92 Å². The lowest BCUT2D eigenvalue weighted by molar-refractivity contribution is -0.114. The summed E-state index contributed by atoms with van der Waals surface area (Å²) in [6.45, 7) is 1.33. The molecule has 0 fully saturated rings. The normalized spacial score (nSPS) is 10.8. The Morgan fingerprint density at radius 2 is 2.20 bits per heavy atom. The van der Waals surface area contributed by atoms with Crippen LogP contribution in [0.15, 0.2) is 18.3 Å². The molecule has 1 aromatic heterocycles. The van der Waals surface area contributed by atoms with Crippen molar-refractivity contribution in [2.24, 2.45) is 0 Å². The Kier molecular flexibility index (Phi) is 3.25. The zero-order valence-electron chi connectivity index (χ0n) is 8.22. The van der Waals surface area contributed by atoms with E-state index < -0.39 is 10.1 Å². The Labute approximate surface area is 87.4 Å². The lowest BCUT2D eigenvalue weighted by Gasteiger charge is -2.04. The van der Waals surface area contributed by atoms with E-state index in [0.29, 0.717) is 0 Å². The van der Waals surface area contributed by atoms with Crippen molar-refractivity contribution in [3.63, 3.8) is 0 Å². The van der Waals surface area contributed by atoms with E-state index in [1.165, 1.54) is 25.3 Å². The maximum atomic E-state index is 10.8. The van der Waals surface area contributed by atoms with Gasteiger partial charge in [-0.15, -0.1) is 0 Å². The second-order valence-corrected chi connectivity index (χ2v) is 4.42. The summed E-state index contributed by atoms with van der Waals surface area (Å²) in [6.07, 6.45) is 2.28. The van der Waals surface area contributed by atoms with E-state index in [4.69, 9.17) is 0 Å². The van der Waals surface area contributed by atoms with Gasteiger partial charge in [-0.05, 0) is 0 Å². The Morgan fingerprint density at radius 3 is 2.73 bits per heavy atom. The molecule has 0 atom stereocenters. The molecule has 0 bridgehead atoms. The van der Waals surface area contributed by atoms with E-state index in [2.05, 4.69) is 14.5 Å². The van der Waals surface area contributed by atoms with Crippen LogP contribution in [-0.2, 0) is 14.9 Å². The third kappa shape index (κ3) is 4.41. The highest BCUT2D eigenvalue weighted by Crippen LogP contribution is 2.15. The van der Waals surface area contributed by atoms with Crippen molar-refractivity contribution < 1.29 is 17.4 Å². The van der Waals surface area contributed by atoms with Crippen LogP contribution in [0, 0.1) is 0 Å². The average molecular weight is 230 g/mol. The molecule has 15 heavy (non-hydrogen) atoms. The van der Waals surface area contributed by atoms with Crippen molar-refractivity contribution in [2.45, 2.75) is 6.92 Å². The van der Waals surface area contributed by atoms with Crippen LogP contribution < -0.4 is 9.50 Å². The largest absolute Gasteiger partial charge is 0.382 e. The molecule has 0 saturated heterocycles. The van der Waals surface area contributed by atoms with Crippen molar-refractivity contribution in [3.8, 4) is 5.75 Å². The standard InChI is InChI=1S/C8H10N2O4S/c1-6(11)10-8-5-7(3-4-9-8)14-15(2,12)13/h3-5H,1-2H3,(H,9,10,11). The van der Waals surface area contributed by atoms with Gasteiger partial charge < -0.3 is 9.50 Å². The van der Waals surface area contributed by atoms with Crippen LogP contribution in [0.3, 0.4) is 0 Å². The van der Waals surface area contributed by atoms with Gasteiger partial charge in [-0.1, -0.05) is 0 Å². The Morgan fingerprint density at radius 1 is 1.53 bits per heavy atom. The number of pyridine rings is 1. The van der Waals surface area contributed by atoms with E-state index in [0.717, 1.165) is 6.26 Å². The summed E-state index contributed by atoms with van der Waals surface area (Å²) in [5, 5.41) is 2.41. The molecule has 1 rings (SSSR count). The number of nitrogens with one attached hydrogen (secondary N) is 1. The second kappa shape index (κ2) is 4.26. The van der Waals surface area contributed by atoms with Crippen molar-refractivity contribution >= 4 is 21.8 Å². The minimum Gasteiger partial charge on any atom is -0.382 e. The minimum atomic E-state index is -3.56. The number of aromatic nitrogens is 1. The Balaban J connectivity index is 2.88. The van der Waals surface area contributed by atoms with Crippen LogP contribution in [0.25, 0.3) is 0 Å². The van der Waals surface area contributed by atoms with Crippen LogP contribution in [-0.4, -0.2) is 25.6 Å². The monoisotopic (exact) mass is 230 g/mol. The van der Waals surface area contributed by atoms with Crippen LogP contribution >= 0.6 is 0 Å². The first-order valence-electron chi connectivity index (χ1n) is 4.00. The van der Waals surface area contributed by atoms with Gasteiger partial charge in [-0.3, -0.25) is 4.79 Å². The maximum Gasteiger partial charge on any atom is 0.306 e. The van der Waals surface area contributed by atoms with Gasteiger partial charge in [0.15, 0.2) is 0 Å². The maximum absolute atomic E-state index is 10.8. The van der Waals surface area contributed by atoms with Gasteiger partial charge in [0.25, 0.3) is 0 Å². The van der Waals surface area contributed by atoms with Gasteiger partial charge in [-0.2, -0.15) is 8.42 Å². The van der Waals surface area contributed by atoms with Crippen LogP contribution in [0.5, 0.6) is 5.75 Å². The number of anilines is 1. The molecule has 0 radical (unpaired) electrons. The summed E-state index contributed by atoms with van der Waals surface area (Å²) >= 11 is 0. The molecule has 0 unspecified atom stereocenters. The van der Waals surface area contributed by atoms with E-state index in [1.54, 1.807) is 0 Å². The first kappa shape index (κ1) is 11.4. The fraction of sp³-hybridized carbons (Fsp3) is 0.250. The lowest BCUT2D eigenvalue weighted by Crippen LogP contribution is -2.09. The highest BCUT2D eigenvalue weighted by atomic mass is 32.2. The summed E-state index contributed by atoms with van der Waals surface area (Å²) in [5.74, 6) is 0.0545. The molecule has 82 valence electrons. The van der Waals surface area contributed by atoms with Crippen molar-refractivity contribution in [3.05, 3.63) is 18.3 Å². The molecular weight excluding hydrogens is 220 g/mol. The summed E-state index contributed by atoms with van der Waals surface area (Å²) in [4.78, 5) is 14.5. The Bertz CT molecular complexity index is 469. The molecule has 6 nitrogen and oxygen atoms in total. The molecule has 1 N–H and O–H groups in total. The van der Waals surface area contributed by atoms with E-state index in [1.807, 2.05) is 0 Å². The second-order valence-electron chi connectivity index (χ2n) is 2.85. The first-order valence-corrected chi connectivity index (χ1v) is 5.81. The van der Waals surface area contributed by atoms with E-state index in [9.17, 15) is 13.2 Å². The zero-order chi connectivity index (χ0) is 11.5. The molecule has 0 saturated carbocycles. The summed E-state index contributed by atoms with van der Waals surface area (Å²) < 4.78 is 26.2. The number of nitrogens with zero attached hydrogens (tertiary/aromatic N) is 1. The van der Waals surface area contributed by atoms with Gasteiger partial charge >= 0.3 is 10.1 Å². The molecule has 0 aromatic carbocycles. The molecule has 1 amide bonds. The number of carbonyl (C=O) groups excluding carboxylic acids is 1. The predicted molar refractivity (Wildman–Crippen MR) is 54.0 cm³/mol. The molecule has 0 aliphatic carbocycles. The van der Waals surface area contributed by atoms with Gasteiger partial charge in [-0.25, -0.2) is 4.98 Å². The summed E-state index contributed by atoms with van der Waals surface area (Å²) in [6, 6.07) is 2.70. The van der Waals surface area contributed by atoms with Gasteiger partial charge in [0.05, 0.1) is 6.26 Å². The Hall–Kier alpha value is -1.63. The third-order valence-electron chi connectivity index (χ3n) is 1.28. The molecule has 0 spiro atoms. The molecule has 0 aliphatic rings. The van der Waals surface area contributed by atoms with Crippen molar-refractivity contribution in [1.82, 2.24) is 4.98 Å². The predicted octanol–water partition coefficient (Wildman–Crippen LogP) is 0.378. The number of rotatable bonds is 3. The highest BCUT2D eigenvalue weighted by Gasteiger charge is 2.05. The fourth-order valence-corrected chi connectivity index (χ4v) is 1.34. The van der Waals surface area contributed by atoms with Crippen molar-refractivity contribution in [2.75, 3.05) is 11.6 Å². The van der Waals surface area contributed by atoms with Crippen molar-refractivity contribution in [1.29, 1.82) is 0 Å². The number of carbonyl (C=O) groups is 1. The SMILES string of the molecule is CC(=O)Nc1cc(OS(C)(=O)=O)ccn1. The molecule has 1 aromatic rings. The highest BCUT2D eigenvalue weighted by molar-refractivity contribution is 7.86. The molecule has 7 heteroatoms. The van der Waals surface area contributed by atoms with Gasteiger partial charge in [0.2, 0.25) is 5.91 Å². The lowest BCUT2D eigenvalue weighted by atomic mass is 10.4. The van der Waals surface area contributed by atoms with E-state index >= 15 is 0 Å².